The summed E-state index contributed by atoms with van der Waals surface area (Å²) in [6.45, 7) is 0.122. The van der Waals surface area contributed by atoms with Gasteiger partial charge < -0.3 is 11.1 Å². The van der Waals surface area contributed by atoms with E-state index in [0.717, 1.165) is 6.07 Å². The highest BCUT2D eigenvalue weighted by atomic mass is 19.1. The molecule has 1 amide bonds. The van der Waals surface area contributed by atoms with Gasteiger partial charge in [0, 0.05) is 18.2 Å². The van der Waals surface area contributed by atoms with Crippen LogP contribution in [0.2, 0.25) is 0 Å². The van der Waals surface area contributed by atoms with Crippen LogP contribution in [0.1, 0.15) is 16.1 Å². The summed E-state index contributed by atoms with van der Waals surface area (Å²) in [7, 11) is 0. The van der Waals surface area contributed by atoms with E-state index < -0.39 is 17.5 Å². The molecule has 0 fully saturated rings. The van der Waals surface area contributed by atoms with Gasteiger partial charge in [-0.15, -0.1) is 10.2 Å². The van der Waals surface area contributed by atoms with E-state index in [2.05, 4.69) is 15.5 Å². The number of nitrogens with zero attached hydrogens (tertiary/aromatic N) is 2. The molecule has 0 unspecified atom stereocenters. The smallest absolute Gasteiger partial charge is 0.269 e. The lowest BCUT2D eigenvalue weighted by Crippen LogP contribution is -2.14. The summed E-state index contributed by atoms with van der Waals surface area (Å²) >= 11 is 0. The third-order valence-electron chi connectivity index (χ3n) is 2.39. The Morgan fingerprint density at radius 2 is 2.00 bits per heavy atom. The lowest BCUT2D eigenvalue weighted by Gasteiger charge is -2.06. The molecule has 3 N–H and O–H groups in total. The molecule has 0 saturated carbocycles. The molecule has 2 aromatic rings. The van der Waals surface area contributed by atoms with Crippen LogP contribution in [0.5, 0.6) is 0 Å². The molecule has 1 aromatic carbocycles. The second kappa shape index (κ2) is 5.38. The third-order valence-corrected chi connectivity index (χ3v) is 2.39. The fourth-order valence-corrected chi connectivity index (χ4v) is 1.41. The van der Waals surface area contributed by atoms with Crippen molar-refractivity contribution >= 4 is 11.7 Å². The Morgan fingerprint density at radius 3 is 2.58 bits per heavy atom. The van der Waals surface area contributed by atoms with E-state index in [1.165, 1.54) is 24.3 Å². The maximum Gasteiger partial charge on any atom is 0.269 e. The number of aromatic nitrogens is 2. The summed E-state index contributed by atoms with van der Waals surface area (Å²) in [5, 5.41) is 10.1. The molecule has 1 aromatic heterocycles. The van der Waals surface area contributed by atoms with Crippen LogP contribution < -0.4 is 11.1 Å². The normalized spacial score (nSPS) is 10.2. The van der Waals surface area contributed by atoms with Gasteiger partial charge in [-0.1, -0.05) is 6.07 Å². The van der Waals surface area contributed by atoms with Crippen molar-refractivity contribution in [3.8, 4) is 0 Å². The number of anilines is 1. The molecule has 0 atom stereocenters. The molecule has 0 saturated heterocycles. The van der Waals surface area contributed by atoms with Gasteiger partial charge >= 0.3 is 0 Å². The SMILES string of the molecule is NC(=O)c1ccc(NCc2ccc(F)cc2F)nn1. The van der Waals surface area contributed by atoms with Crippen molar-refractivity contribution in [1.29, 1.82) is 0 Å². The molecule has 0 aliphatic rings. The number of nitrogens with one attached hydrogen (secondary N) is 1. The van der Waals surface area contributed by atoms with E-state index in [0.29, 0.717) is 11.4 Å². The van der Waals surface area contributed by atoms with Crippen LogP contribution in [0, 0.1) is 11.6 Å². The first-order valence-electron chi connectivity index (χ1n) is 5.37. The number of nitrogens with two attached hydrogens (primary N) is 1. The Labute approximate surface area is 107 Å². The zero-order valence-corrected chi connectivity index (χ0v) is 9.73. The van der Waals surface area contributed by atoms with Gasteiger partial charge in [-0.2, -0.15) is 0 Å². The van der Waals surface area contributed by atoms with Gasteiger partial charge in [-0.25, -0.2) is 8.78 Å². The highest BCUT2D eigenvalue weighted by molar-refractivity contribution is 5.90. The number of hydrogen-bond acceptors (Lipinski definition) is 4. The maximum atomic E-state index is 13.3. The van der Waals surface area contributed by atoms with Gasteiger partial charge in [-0.3, -0.25) is 4.79 Å². The van der Waals surface area contributed by atoms with Gasteiger partial charge in [0.2, 0.25) is 0 Å². The van der Waals surface area contributed by atoms with Crippen LogP contribution >= 0.6 is 0 Å². The van der Waals surface area contributed by atoms with Crippen LogP contribution in [0.25, 0.3) is 0 Å². The fraction of sp³-hybridized carbons (Fsp3) is 0.0833. The standard InChI is InChI=1S/C12H10F2N4O/c13-8-2-1-7(9(14)5-8)6-16-11-4-3-10(12(15)19)17-18-11/h1-5H,6H2,(H2,15,19)(H,16,18). The summed E-state index contributed by atoms with van der Waals surface area (Å²) in [5.74, 6) is -1.60. The van der Waals surface area contributed by atoms with E-state index in [-0.39, 0.29) is 12.2 Å². The van der Waals surface area contributed by atoms with Crippen molar-refractivity contribution in [1.82, 2.24) is 10.2 Å². The summed E-state index contributed by atoms with van der Waals surface area (Å²) in [6.07, 6.45) is 0. The number of carbonyl (C=O) groups excluding carboxylic acids is 1. The predicted molar refractivity (Wildman–Crippen MR) is 64.2 cm³/mol. The number of amides is 1. The van der Waals surface area contributed by atoms with Crippen LogP contribution in [-0.2, 0) is 6.54 Å². The first kappa shape index (κ1) is 12.9. The Bertz CT molecular complexity index is 601. The first-order chi connectivity index (χ1) is 9.06. The van der Waals surface area contributed by atoms with Crippen LogP contribution in [0.3, 0.4) is 0 Å². The minimum Gasteiger partial charge on any atom is -0.364 e. The molecule has 2 rings (SSSR count). The Morgan fingerprint density at radius 1 is 1.21 bits per heavy atom. The highest BCUT2D eigenvalue weighted by Crippen LogP contribution is 2.11. The lowest BCUT2D eigenvalue weighted by atomic mass is 10.2. The summed E-state index contributed by atoms with van der Waals surface area (Å²) in [6, 6.07) is 6.21. The quantitative estimate of drug-likeness (QED) is 0.876. The topological polar surface area (TPSA) is 80.9 Å². The first-order valence-corrected chi connectivity index (χ1v) is 5.37. The second-order valence-electron chi connectivity index (χ2n) is 3.76. The van der Waals surface area contributed by atoms with Crippen molar-refractivity contribution < 1.29 is 13.6 Å². The molecule has 98 valence electrons. The van der Waals surface area contributed by atoms with Crippen LogP contribution in [0.15, 0.2) is 30.3 Å². The molecular weight excluding hydrogens is 254 g/mol. The Kier molecular flexibility index (Phi) is 3.65. The van der Waals surface area contributed by atoms with Crippen LogP contribution in [0.4, 0.5) is 14.6 Å². The third kappa shape index (κ3) is 3.21. The van der Waals surface area contributed by atoms with E-state index in [9.17, 15) is 13.6 Å². The van der Waals surface area contributed by atoms with E-state index >= 15 is 0 Å². The minimum absolute atomic E-state index is 0.0403. The highest BCUT2D eigenvalue weighted by Gasteiger charge is 2.05. The minimum atomic E-state index is -0.677. The summed E-state index contributed by atoms with van der Waals surface area (Å²) in [4.78, 5) is 10.8. The van der Waals surface area contributed by atoms with E-state index in [1.54, 1.807) is 0 Å². The Balaban J connectivity index is 2.04. The average Bonchev–Trinajstić information content (AvgIpc) is 2.38. The van der Waals surface area contributed by atoms with Gasteiger partial charge in [0.25, 0.3) is 5.91 Å². The number of rotatable bonds is 4. The van der Waals surface area contributed by atoms with Crippen molar-refractivity contribution in [2.75, 3.05) is 5.32 Å². The molecule has 0 spiro atoms. The monoisotopic (exact) mass is 264 g/mol. The van der Waals surface area contributed by atoms with E-state index in [4.69, 9.17) is 5.73 Å². The zero-order chi connectivity index (χ0) is 13.8. The molecule has 1 heterocycles. The zero-order valence-electron chi connectivity index (χ0n) is 9.73. The molecule has 0 bridgehead atoms. The number of benzene rings is 1. The molecule has 0 radical (unpaired) electrons. The lowest BCUT2D eigenvalue weighted by molar-refractivity contribution is 0.0994. The molecular formula is C12H10F2N4O. The van der Waals surface area contributed by atoms with Crippen molar-refractivity contribution in [2.45, 2.75) is 6.54 Å². The Hall–Kier alpha value is -2.57. The van der Waals surface area contributed by atoms with Crippen molar-refractivity contribution in [3.63, 3.8) is 0 Å². The molecule has 0 aliphatic heterocycles. The maximum absolute atomic E-state index is 13.3. The number of hydrogen-bond donors (Lipinski definition) is 2. The van der Waals surface area contributed by atoms with Crippen molar-refractivity contribution in [3.05, 3.63) is 53.2 Å². The fourth-order valence-electron chi connectivity index (χ4n) is 1.41. The predicted octanol–water partition coefficient (Wildman–Crippen LogP) is 1.47. The molecule has 19 heavy (non-hydrogen) atoms. The van der Waals surface area contributed by atoms with Crippen LogP contribution in [-0.4, -0.2) is 16.1 Å². The number of primary amides is 1. The molecule has 7 heteroatoms. The van der Waals surface area contributed by atoms with E-state index in [1.807, 2.05) is 0 Å². The second-order valence-corrected chi connectivity index (χ2v) is 3.76. The number of carbonyl (C=O) groups is 1. The summed E-state index contributed by atoms with van der Waals surface area (Å²) in [5.41, 5.74) is 5.35. The molecule has 0 aliphatic carbocycles. The van der Waals surface area contributed by atoms with Gasteiger partial charge in [-0.05, 0) is 18.2 Å². The largest absolute Gasteiger partial charge is 0.364 e. The number of halogens is 2. The van der Waals surface area contributed by atoms with Gasteiger partial charge in [0.05, 0.1) is 0 Å². The molecule has 5 nitrogen and oxygen atoms in total. The van der Waals surface area contributed by atoms with Gasteiger partial charge in [0.15, 0.2) is 5.69 Å². The van der Waals surface area contributed by atoms with Crippen molar-refractivity contribution in [2.24, 2.45) is 5.73 Å². The summed E-state index contributed by atoms with van der Waals surface area (Å²) < 4.78 is 26.1. The average molecular weight is 264 g/mol. The van der Waals surface area contributed by atoms with Gasteiger partial charge in [0.1, 0.15) is 17.5 Å².